The Kier molecular flexibility index (Phi) is 9.80. The summed E-state index contributed by atoms with van der Waals surface area (Å²) in [7, 11) is 0. The van der Waals surface area contributed by atoms with E-state index in [-0.39, 0.29) is 30.3 Å². The smallest absolute Gasteiger partial charge is 0.223 e. The van der Waals surface area contributed by atoms with Crippen LogP contribution in [-0.4, -0.2) is 25.1 Å². The van der Waals surface area contributed by atoms with Crippen molar-refractivity contribution in [2.75, 3.05) is 13.2 Å². The largest absolute Gasteiger partial charge is 0.494 e. The number of para-hydroxylation sites is 1. The summed E-state index contributed by atoms with van der Waals surface area (Å²) < 4.78 is 5.67. The maximum atomic E-state index is 12.4. The first-order valence-electron chi connectivity index (χ1n) is 8.89. The van der Waals surface area contributed by atoms with Gasteiger partial charge in [-0.2, -0.15) is 0 Å². The summed E-state index contributed by atoms with van der Waals surface area (Å²) in [5.74, 6) is 1.44. The highest BCUT2D eigenvalue weighted by Gasteiger charge is 2.25. The summed E-state index contributed by atoms with van der Waals surface area (Å²) in [5.41, 5.74) is 5.89. The molecule has 136 valence electrons. The van der Waals surface area contributed by atoms with Crippen molar-refractivity contribution in [3.63, 3.8) is 0 Å². The van der Waals surface area contributed by atoms with E-state index in [1.165, 1.54) is 32.1 Å². The third-order valence-electron chi connectivity index (χ3n) is 4.81. The first kappa shape index (κ1) is 20.8. The fourth-order valence-electron chi connectivity index (χ4n) is 3.23. The Morgan fingerprint density at radius 2 is 1.92 bits per heavy atom. The van der Waals surface area contributed by atoms with E-state index in [9.17, 15) is 4.79 Å². The summed E-state index contributed by atoms with van der Waals surface area (Å²) in [6, 6.07) is 9.83. The van der Waals surface area contributed by atoms with E-state index in [1.54, 1.807) is 0 Å². The van der Waals surface area contributed by atoms with Crippen LogP contribution in [0.1, 0.15) is 45.4 Å². The molecule has 3 N–H and O–H groups in total. The minimum Gasteiger partial charge on any atom is -0.494 e. The van der Waals surface area contributed by atoms with Crippen LogP contribution >= 0.6 is 12.4 Å². The molecule has 2 rings (SSSR count). The monoisotopic (exact) mass is 354 g/mol. The zero-order chi connectivity index (χ0) is 16.5. The lowest BCUT2D eigenvalue weighted by Crippen LogP contribution is -2.47. The number of halogens is 1. The van der Waals surface area contributed by atoms with Gasteiger partial charge >= 0.3 is 0 Å². The third-order valence-corrected chi connectivity index (χ3v) is 4.81. The lowest BCUT2D eigenvalue weighted by atomic mass is 9.83. The van der Waals surface area contributed by atoms with E-state index in [1.807, 2.05) is 37.3 Å². The maximum Gasteiger partial charge on any atom is 0.223 e. The second kappa shape index (κ2) is 11.3. The van der Waals surface area contributed by atoms with Crippen LogP contribution in [0.25, 0.3) is 0 Å². The predicted molar refractivity (Wildman–Crippen MR) is 101 cm³/mol. The van der Waals surface area contributed by atoms with Crippen molar-refractivity contribution in [1.82, 2.24) is 5.32 Å². The van der Waals surface area contributed by atoms with Gasteiger partial charge in [0.1, 0.15) is 5.75 Å². The molecule has 5 heteroatoms. The Morgan fingerprint density at radius 3 is 2.54 bits per heavy atom. The van der Waals surface area contributed by atoms with Gasteiger partial charge in [-0.05, 0) is 37.3 Å². The SMILES string of the molecule is CC(CCOc1ccccc1)C(=O)NC(CN)C1CCCCC1.Cl. The number of hydrogen-bond donors (Lipinski definition) is 2. The van der Waals surface area contributed by atoms with Gasteiger partial charge in [0.25, 0.3) is 0 Å². The molecular weight excluding hydrogens is 324 g/mol. The minimum absolute atomic E-state index is 0. The molecule has 1 aromatic carbocycles. The van der Waals surface area contributed by atoms with Crippen molar-refractivity contribution in [2.24, 2.45) is 17.6 Å². The van der Waals surface area contributed by atoms with Crippen molar-refractivity contribution >= 4 is 18.3 Å². The second-order valence-electron chi connectivity index (χ2n) is 6.60. The number of carbonyl (C=O) groups is 1. The molecule has 0 aromatic heterocycles. The van der Waals surface area contributed by atoms with E-state index < -0.39 is 0 Å². The summed E-state index contributed by atoms with van der Waals surface area (Å²) in [6.45, 7) is 3.04. The molecule has 0 saturated heterocycles. The van der Waals surface area contributed by atoms with Crippen molar-refractivity contribution in [3.8, 4) is 5.75 Å². The molecule has 24 heavy (non-hydrogen) atoms. The molecule has 2 unspecified atom stereocenters. The number of rotatable bonds is 8. The molecule has 1 fully saturated rings. The van der Waals surface area contributed by atoms with Crippen LogP contribution in [0.3, 0.4) is 0 Å². The van der Waals surface area contributed by atoms with E-state index in [4.69, 9.17) is 10.5 Å². The van der Waals surface area contributed by atoms with Gasteiger partial charge in [0.05, 0.1) is 6.61 Å². The van der Waals surface area contributed by atoms with Crippen LogP contribution in [-0.2, 0) is 4.79 Å². The normalized spacial score (nSPS) is 17.4. The molecule has 0 radical (unpaired) electrons. The molecule has 1 aliphatic rings. The molecule has 0 aliphatic heterocycles. The van der Waals surface area contributed by atoms with Gasteiger partial charge in [0, 0.05) is 18.5 Å². The second-order valence-corrected chi connectivity index (χ2v) is 6.60. The number of hydrogen-bond acceptors (Lipinski definition) is 3. The van der Waals surface area contributed by atoms with Gasteiger partial charge in [-0.1, -0.05) is 44.4 Å². The third kappa shape index (κ3) is 6.70. The molecular formula is C19H31ClN2O2. The van der Waals surface area contributed by atoms with Gasteiger partial charge < -0.3 is 15.8 Å². The average Bonchev–Trinajstić information content (AvgIpc) is 2.61. The van der Waals surface area contributed by atoms with Crippen molar-refractivity contribution < 1.29 is 9.53 Å². The van der Waals surface area contributed by atoms with Crippen LogP contribution in [0.5, 0.6) is 5.75 Å². The number of nitrogens with two attached hydrogens (primary N) is 1. The average molecular weight is 355 g/mol. The number of carbonyl (C=O) groups excluding carboxylic acids is 1. The standard InChI is InChI=1S/C19H30N2O2.ClH/c1-15(12-13-23-17-10-6-3-7-11-17)19(22)21-18(14-20)16-8-4-2-5-9-16;/h3,6-7,10-11,15-16,18H,2,4-5,8-9,12-14,20H2,1H3,(H,21,22);1H. The highest BCUT2D eigenvalue weighted by molar-refractivity contribution is 5.85. The Balaban J connectivity index is 0.00000288. The molecule has 1 saturated carbocycles. The fraction of sp³-hybridized carbons (Fsp3) is 0.632. The van der Waals surface area contributed by atoms with Gasteiger partial charge in [0.2, 0.25) is 5.91 Å². The van der Waals surface area contributed by atoms with E-state index >= 15 is 0 Å². The molecule has 4 nitrogen and oxygen atoms in total. The van der Waals surface area contributed by atoms with Crippen LogP contribution < -0.4 is 15.8 Å². The first-order valence-corrected chi connectivity index (χ1v) is 8.89. The molecule has 2 atom stereocenters. The first-order chi connectivity index (χ1) is 11.2. The van der Waals surface area contributed by atoms with E-state index in [0.29, 0.717) is 25.5 Å². The molecule has 0 heterocycles. The van der Waals surface area contributed by atoms with Gasteiger partial charge in [0.15, 0.2) is 0 Å². The fourth-order valence-corrected chi connectivity index (χ4v) is 3.23. The highest BCUT2D eigenvalue weighted by atomic mass is 35.5. The Labute approximate surface area is 151 Å². The number of ether oxygens (including phenoxy) is 1. The van der Waals surface area contributed by atoms with Crippen molar-refractivity contribution in [2.45, 2.75) is 51.5 Å². The quantitative estimate of drug-likeness (QED) is 0.750. The van der Waals surface area contributed by atoms with E-state index in [2.05, 4.69) is 5.32 Å². The van der Waals surface area contributed by atoms with Gasteiger partial charge in [-0.3, -0.25) is 4.79 Å². The summed E-state index contributed by atoms with van der Waals surface area (Å²) >= 11 is 0. The summed E-state index contributed by atoms with van der Waals surface area (Å²) in [4.78, 5) is 12.4. The number of benzene rings is 1. The molecule has 0 spiro atoms. The highest BCUT2D eigenvalue weighted by Crippen LogP contribution is 2.26. The van der Waals surface area contributed by atoms with Crippen molar-refractivity contribution in [1.29, 1.82) is 0 Å². The molecule has 0 bridgehead atoms. The zero-order valence-corrected chi connectivity index (χ0v) is 15.4. The van der Waals surface area contributed by atoms with Gasteiger partial charge in [-0.15, -0.1) is 12.4 Å². The number of amides is 1. The zero-order valence-electron chi connectivity index (χ0n) is 14.6. The van der Waals surface area contributed by atoms with Crippen molar-refractivity contribution in [3.05, 3.63) is 30.3 Å². The minimum atomic E-state index is -0.0589. The molecule has 1 amide bonds. The number of nitrogens with one attached hydrogen (secondary N) is 1. The summed E-state index contributed by atoms with van der Waals surface area (Å²) in [5, 5.41) is 3.17. The Bertz CT molecular complexity index is 464. The van der Waals surface area contributed by atoms with Crippen LogP contribution in [0.2, 0.25) is 0 Å². The molecule has 1 aromatic rings. The van der Waals surface area contributed by atoms with Crippen LogP contribution in [0, 0.1) is 11.8 Å². The van der Waals surface area contributed by atoms with Crippen LogP contribution in [0.4, 0.5) is 0 Å². The van der Waals surface area contributed by atoms with E-state index in [0.717, 1.165) is 5.75 Å². The van der Waals surface area contributed by atoms with Crippen LogP contribution in [0.15, 0.2) is 30.3 Å². The Hall–Kier alpha value is -1.26. The molecule has 1 aliphatic carbocycles. The maximum absolute atomic E-state index is 12.4. The predicted octanol–water partition coefficient (Wildman–Crippen LogP) is 3.54. The Morgan fingerprint density at radius 1 is 1.25 bits per heavy atom. The lowest BCUT2D eigenvalue weighted by molar-refractivity contribution is -0.126. The van der Waals surface area contributed by atoms with Gasteiger partial charge in [-0.25, -0.2) is 0 Å². The summed E-state index contributed by atoms with van der Waals surface area (Å²) in [6.07, 6.45) is 6.92. The lowest BCUT2D eigenvalue weighted by Gasteiger charge is -2.30. The topological polar surface area (TPSA) is 64.3 Å².